The molecule has 0 aliphatic carbocycles. The Bertz CT molecular complexity index is 531. The van der Waals surface area contributed by atoms with Crippen molar-refractivity contribution in [3.05, 3.63) is 29.6 Å². The molecule has 0 radical (unpaired) electrons. The molecule has 6 heteroatoms. The van der Waals surface area contributed by atoms with E-state index < -0.39 is 17.8 Å². The maximum absolute atomic E-state index is 13.5. The van der Waals surface area contributed by atoms with Crippen LogP contribution < -0.4 is 10.1 Å². The maximum atomic E-state index is 13.5. The number of carbonyl (C=O) groups is 2. The summed E-state index contributed by atoms with van der Waals surface area (Å²) in [5, 5.41) is 11.6. The van der Waals surface area contributed by atoms with E-state index in [1.807, 2.05) is 13.8 Å². The summed E-state index contributed by atoms with van der Waals surface area (Å²) in [6.45, 7) is 3.78. The molecule has 1 aromatic rings. The summed E-state index contributed by atoms with van der Waals surface area (Å²) in [5.74, 6) is -1.57. The molecule has 0 aliphatic rings. The molecule has 122 valence electrons. The minimum atomic E-state index is -1.04. The number of nitrogens with one attached hydrogen (secondary N) is 1. The number of rotatable bonds is 8. The average Bonchev–Trinajstić information content (AvgIpc) is 2.44. The molecule has 0 fully saturated rings. The van der Waals surface area contributed by atoms with E-state index in [4.69, 9.17) is 9.84 Å². The lowest BCUT2D eigenvalue weighted by Crippen LogP contribution is -2.41. The molecule has 1 rings (SSSR count). The van der Waals surface area contributed by atoms with Crippen molar-refractivity contribution in [1.82, 2.24) is 5.32 Å². The fourth-order valence-electron chi connectivity index (χ4n) is 2.08. The minimum Gasteiger partial charge on any atom is -0.494 e. The highest BCUT2D eigenvalue weighted by Crippen LogP contribution is 2.18. The molecule has 0 aliphatic heterocycles. The second-order valence-electron chi connectivity index (χ2n) is 5.56. The Morgan fingerprint density at radius 3 is 2.55 bits per heavy atom. The number of amides is 1. The van der Waals surface area contributed by atoms with Gasteiger partial charge < -0.3 is 15.2 Å². The predicted molar refractivity (Wildman–Crippen MR) is 80.3 cm³/mol. The van der Waals surface area contributed by atoms with Crippen molar-refractivity contribution < 1.29 is 23.8 Å². The van der Waals surface area contributed by atoms with Crippen LogP contribution in [0.4, 0.5) is 4.39 Å². The number of hydrogen-bond donors (Lipinski definition) is 2. The van der Waals surface area contributed by atoms with Crippen molar-refractivity contribution in [3.63, 3.8) is 0 Å². The Morgan fingerprint density at radius 2 is 2.05 bits per heavy atom. The molecule has 0 saturated carbocycles. The molecular formula is C16H22FNO4. The number of ether oxygens (including phenoxy) is 1. The first kappa shape index (κ1) is 17.9. The van der Waals surface area contributed by atoms with Crippen molar-refractivity contribution in [2.75, 3.05) is 7.11 Å². The Kier molecular flexibility index (Phi) is 6.82. The summed E-state index contributed by atoms with van der Waals surface area (Å²) >= 11 is 0. The van der Waals surface area contributed by atoms with Gasteiger partial charge in [-0.15, -0.1) is 0 Å². The van der Waals surface area contributed by atoms with Crippen LogP contribution >= 0.6 is 0 Å². The molecule has 1 unspecified atom stereocenters. The van der Waals surface area contributed by atoms with Gasteiger partial charge in [0.15, 0.2) is 11.6 Å². The van der Waals surface area contributed by atoms with Crippen LogP contribution in [-0.4, -0.2) is 30.1 Å². The van der Waals surface area contributed by atoms with Gasteiger partial charge in [-0.2, -0.15) is 0 Å². The Balaban J connectivity index is 2.54. The number of benzene rings is 1. The number of carboxylic acids is 1. The minimum absolute atomic E-state index is 0.105. The summed E-state index contributed by atoms with van der Waals surface area (Å²) in [6.07, 6.45) is 0.812. The first-order chi connectivity index (χ1) is 10.3. The lowest BCUT2D eigenvalue weighted by Gasteiger charge is -2.16. The molecule has 0 spiro atoms. The number of carbonyl (C=O) groups excluding carboxylic acids is 1. The zero-order valence-electron chi connectivity index (χ0n) is 13.1. The van der Waals surface area contributed by atoms with Gasteiger partial charge in [0.25, 0.3) is 0 Å². The molecule has 1 amide bonds. The standard InChI is InChI=1S/C16H22FNO4/c1-10(2)8-13(16(20)21)18-15(19)7-5-11-4-6-14(22-3)12(17)9-11/h4,6,9-10,13H,5,7-8H2,1-3H3,(H,18,19)(H,20,21). The third kappa shape index (κ3) is 5.71. The maximum Gasteiger partial charge on any atom is 0.326 e. The van der Waals surface area contributed by atoms with Crippen molar-refractivity contribution in [2.45, 2.75) is 39.2 Å². The molecule has 0 heterocycles. The summed E-state index contributed by atoms with van der Waals surface area (Å²) in [5.41, 5.74) is 0.657. The van der Waals surface area contributed by atoms with Crippen LogP contribution in [0.15, 0.2) is 18.2 Å². The molecule has 22 heavy (non-hydrogen) atoms. The second kappa shape index (κ2) is 8.36. The van der Waals surface area contributed by atoms with E-state index in [9.17, 15) is 14.0 Å². The second-order valence-corrected chi connectivity index (χ2v) is 5.56. The van der Waals surface area contributed by atoms with E-state index in [0.717, 1.165) is 0 Å². The zero-order chi connectivity index (χ0) is 16.7. The van der Waals surface area contributed by atoms with Crippen LogP contribution in [0.3, 0.4) is 0 Å². The third-order valence-corrected chi connectivity index (χ3v) is 3.20. The van der Waals surface area contributed by atoms with Crippen molar-refractivity contribution in [2.24, 2.45) is 5.92 Å². The number of aliphatic carboxylic acids is 1. The monoisotopic (exact) mass is 311 g/mol. The van der Waals surface area contributed by atoms with Crippen LogP contribution in [0, 0.1) is 11.7 Å². The van der Waals surface area contributed by atoms with Gasteiger partial charge in [0, 0.05) is 6.42 Å². The molecule has 0 bridgehead atoms. The molecule has 5 nitrogen and oxygen atoms in total. The van der Waals surface area contributed by atoms with Gasteiger partial charge in [-0.25, -0.2) is 9.18 Å². The van der Waals surface area contributed by atoms with Crippen molar-refractivity contribution in [3.8, 4) is 5.75 Å². The SMILES string of the molecule is COc1ccc(CCC(=O)NC(CC(C)C)C(=O)O)cc1F. The molecule has 0 aromatic heterocycles. The average molecular weight is 311 g/mol. The highest BCUT2D eigenvalue weighted by molar-refractivity contribution is 5.83. The lowest BCUT2D eigenvalue weighted by atomic mass is 10.0. The highest BCUT2D eigenvalue weighted by Gasteiger charge is 2.20. The highest BCUT2D eigenvalue weighted by atomic mass is 19.1. The lowest BCUT2D eigenvalue weighted by molar-refractivity contribution is -0.142. The van der Waals surface area contributed by atoms with Crippen LogP contribution in [0.5, 0.6) is 5.75 Å². The van der Waals surface area contributed by atoms with Crippen LogP contribution in [0.25, 0.3) is 0 Å². The van der Waals surface area contributed by atoms with Crippen molar-refractivity contribution in [1.29, 1.82) is 0 Å². The van der Waals surface area contributed by atoms with E-state index in [2.05, 4.69) is 5.32 Å². The molecule has 1 atom stereocenters. The van der Waals surface area contributed by atoms with E-state index in [1.54, 1.807) is 6.07 Å². The first-order valence-corrected chi connectivity index (χ1v) is 7.18. The smallest absolute Gasteiger partial charge is 0.326 e. The number of hydrogen-bond acceptors (Lipinski definition) is 3. The fraction of sp³-hybridized carbons (Fsp3) is 0.500. The van der Waals surface area contributed by atoms with E-state index >= 15 is 0 Å². The Hall–Kier alpha value is -2.11. The van der Waals surface area contributed by atoms with Gasteiger partial charge >= 0.3 is 5.97 Å². The first-order valence-electron chi connectivity index (χ1n) is 7.18. The van der Waals surface area contributed by atoms with Gasteiger partial charge in [-0.1, -0.05) is 19.9 Å². The van der Waals surface area contributed by atoms with Gasteiger partial charge in [0.1, 0.15) is 6.04 Å². The quantitative estimate of drug-likeness (QED) is 0.773. The Morgan fingerprint density at radius 1 is 1.36 bits per heavy atom. The largest absolute Gasteiger partial charge is 0.494 e. The predicted octanol–water partition coefficient (Wildman–Crippen LogP) is 2.38. The molecule has 2 N–H and O–H groups in total. The number of halogens is 1. The van der Waals surface area contributed by atoms with Crippen LogP contribution in [0.2, 0.25) is 0 Å². The van der Waals surface area contributed by atoms with Gasteiger partial charge in [0.05, 0.1) is 7.11 Å². The van der Waals surface area contributed by atoms with Crippen LogP contribution in [0.1, 0.15) is 32.3 Å². The zero-order valence-corrected chi connectivity index (χ0v) is 13.1. The Labute approximate surface area is 129 Å². The summed E-state index contributed by atoms with van der Waals surface area (Å²) < 4.78 is 18.4. The van der Waals surface area contributed by atoms with E-state index in [0.29, 0.717) is 18.4 Å². The van der Waals surface area contributed by atoms with Gasteiger partial charge in [-0.05, 0) is 36.5 Å². The summed E-state index contributed by atoms with van der Waals surface area (Å²) in [7, 11) is 1.38. The number of methoxy groups -OCH3 is 1. The third-order valence-electron chi connectivity index (χ3n) is 3.20. The summed E-state index contributed by atoms with van der Waals surface area (Å²) in [4.78, 5) is 22.9. The molecular weight excluding hydrogens is 289 g/mol. The van der Waals surface area contributed by atoms with E-state index in [1.165, 1.54) is 19.2 Å². The summed E-state index contributed by atoms with van der Waals surface area (Å²) in [6, 6.07) is 3.61. The molecule has 1 aromatic carbocycles. The topological polar surface area (TPSA) is 75.6 Å². The normalized spacial score (nSPS) is 12.0. The van der Waals surface area contributed by atoms with Gasteiger partial charge in [0.2, 0.25) is 5.91 Å². The van der Waals surface area contributed by atoms with Crippen LogP contribution in [-0.2, 0) is 16.0 Å². The van der Waals surface area contributed by atoms with Gasteiger partial charge in [-0.3, -0.25) is 4.79 Å². The fourth-order valence-corrected chi connectivity index (χ4v) is 2.08. The molecule has 0 saturated heterocycles. The number of carboxylic acid groups (broad SMARTS) is 1. The van der Waals surface area contributed by atoms with Crippen molar-refractivity contribution >= 4 is 11.9 Å². The van der Waals surface area contributed by atoms with E-state index in [-0.39, 0.29) is 24.0 Å². The number of aryl methyl sites for hydroxylation is 1.